The van der Waals surface area contributed by atoms with Gasteiger partial charge in [0.1, 0.15) is 5.82 Å². The Morgan fingerprint density at radius 1 is 0.867 bits per heavy atom. The largest absolute Gasteiger partial charge is 0.490 e. The van der Waals surface area contributed by atoms with Crippen molar-refractivity contribution in [1.29, 1.82) is 0 Å². The highest BCUT2D eigenvalue weighted by molar-refractivity contribution is 5.73. The van der Waals surface area contributed by atoms with E-state index in [1.165, 1.54) is 0 Å². The van der Waals surface area contributed by atoms with Crippen LogP contribution in [0.25, 0.3) is 0 Å². The van der Waals surface area contributed by atoms with Crippen LogP contribution in [0.5, 0.6) is 0 Å². The Kier molecular flexibility index (Phi) is 14.5. The summed E-state index contributed by atoms with van der Waals surface area (Å²) in [7, 11) is 0. The van der Waals surface area contributed by atoms with Gasteiger partial charge in [-0.3, -0.25) is 9.88 Å². The first-order valence-electron chi connectivity index (χ1n) is 12.4. The number of aryl methyl sites for hydroxylation is 1. The fourth-order valence-electron chi connectivity index (χ4n) is 3.84. The van der Waals surface area contributed by atoms with E-state index in [2.05, 4.69) is 32.3 Å². The van der Waals surface area contributed by atoms with E-state index in [1.807, 2.05) is 37.4 Å². The third-order valence-corrected chi connectivity index (χ3v) is 5.78. The summed E-state index contributed by atoms with van der Waals surface area (Å²) in [6.07, 6.45) is -13.1. The topological polar surface area (TPSA) is 162 Å². The molecule has 4 heterocycles. The molecule has 11 nitrogen and oxygen atoms in total. The number of carbonyl (C=O) groups is 3. The number of aliphatic carboxylic acids is 3. The van der Waals surface area contributed by atoms with E-state index in [9.17, 15) is 39.5 Å². The van der Waals surface area contributed by atoms with Gasteiger partial charge in [-0.2, -0.15) is 39.5 Å². The molecule has 45 heavy (non-hydrogen) atoms. The molecule has 252 valence electrons. The molecular weight excluding hydrogens is 639 g/mol. The SMILES string of the molecule is Cc1cccc(CN2C[C@@H]3[C@H](CNc4ccccn4)CO[C@@H]3C2)n1.O=C(O)C(F)(F)F.O=C(O)C(F)(F)F.O=C(O)C(F)(F)F. The monoisotopic (exact) mass is 666 g/mol. The summed E-state index contributed by atoms with van der Waals surface area (Å²) < 4.78 is 101. The average molecular weight is 666 g/mol. The van der Waals surface area contributed by atoms with Crippen LogP contribution in [0.3, 0.4) is 0 Å². The minimum Gasteiger partial charge on any atom is -0.475 e. The Hall–Kier alpha value is -4.20. The summed E-state index contributed by atoms with van der Waals surface area (Å²) in [6.45, 7) is 6.85. The first-order valence-corrected chi connectivity index (χ1v) is 12.4. The molecule has 3 atom stereocenters. The van der Waals surface area contributed by atoms with E-state index >= 15 is 0 Å². The summed E-state index contributed by atoms with van der Waals surface area (Å²) in [4.78, 5) is 38.1. The number of likely N-dealkylation sites (tertiary alicyclic amines) is 1. The third-order valence-electron chi connectivity index (χ3n) is 5.78. The van der Waals surface area contributed by atoms with Crippen molar-refractivity contribution in [3.05, 3.63) is 54.0 Å². The maximum absolute atomic E-state index is 10.6. The predicted molar refractivity (Wildman–Crippen MR) is 135 cm³/mol. The minimum atomic E-state index is -5.08. The highest BCUT2D eigenvalue weighted by atomic mass is 19.4. The fourth-order valence-corrected chi connectivity index (χ4v) is 3.84. The zero-order valence-corrected chi connectivity index (χ0v) is 23.0. The number of aromatic nitrogens is 2. The van der Waals surface area contributed by atoms with Crippen LogP contribution in [-0.2, 0) is 25.7 Å². The lowest BCUT2D eigenvalue weighted by molar-refractivity contribution is -0.193. The number of nitrogens with one attached hydrogen (secondary N) is 1. The first-order chi connectivity index (χ1) is 20.6. The van der Waals surface area contributed by atoms with Crippen molar-refractivity contribution >= 4 is 23.7 Å². The van der Waals surface area contributed by atoms with Crippen LogP contribution in [0, 0.1) is 18.8 Å². The van der Waals surface area contributed by atoms with E-state index in [0.29, 0.717) is 17.9 Å². The molecule has 2 aliphatic heterocycles. The van der Waals surface area contributed by atoms with E-state index in [0.717, 1.165) is 50.0 Å². The van der Waals surface area contributed by atoms with Crippen LogP contribution in [0.4, 0.5) is 45.3 Å². The molecule has 20 heteroatoms. The molecule has 2 aromatic heterocycles. The molecule has 0 unspecified atom stereocenters. The molecule has 0 aliphatic carbocycles. The van der Waals surface area contributed by atoms with Crippen molar-refractivity contribution in [3.8, 4) is 0 Å². The van der Waals surface area contributed by atoms with Crippen LogP contribution in [0.1, 0.15) is 11.4 Å². The van der Waals surface area contributed by atoms with Crippen molar-refractivity contribution < 1.29 is 74.0 Å². The number of rotatable bonds is 5. The van der Waals surface area contributed by atoms with Gasteiger partial charge in [-0.25, -0.2) is 19.4 Å². The first kappa shape index (κ1) is 38.8. The zero-order valence-electron chi connectivity index (χ0n) is 23.0. The molecule has 2 aliphatic rings. The lowest BCUT2D eigenvalue weighted by Gasteiger charge is -2.20. The number of anilines is 1. The van der Waals surface area contributed by atoms with E-state index in [1.54, 1.807) is 0 Å². The van der Waals surface area contributed by atoms with Gasteiger partial charge in [-0.1, -0.05) is 12.1 Å². The number of nitrogens with zero attached hydrogens (tertiary/aromatic N) is 3. The van der Waals surface area contributed by atoms with Crippen molar-refractivity contribution in [2.24, 2.45) is 11.8 Å². The maximum Gasteiger partial charge on any atom is 0.490 e. The molecular formula is C25H27F9N4O7. The number of fused-ring (bicyclic) bond motifs is 1. The smallest absolute Gasteiger partial charge is 0.475 e. The Bertz CT molecular complexity index is 1190. The standard InChI is InChI=1S/C19H24N4O.3C2HF3O2/c1-14-5-4-6-16(22-14)10-23-11-17-15(13-24-18(17)12-23)9-21-19-7-2-3-8-20-19;3*3-2(4,5)1(6)7/h2-8,15,17-18H,9-13H2,1H3,(H,20,21);3*(H,6,7)/t15-,17-,18-;;;/m1.../s1. The Labute approximate surface area is 248 Å². The number of carboxylic acids is 3. The summed E-state index contributed by atoms with van der Waals surface area (Å²) in [6, 6.07) is 12.2. The molecule has 2 aromatic rings. The number of hydrogen-bond acceptors (Lipinski definition) is 8. The van der Waals surface area contributed by atoms with Gasteiger partial charge in [-0.05, 0) is 31.2 Å². The predicted octanol–water partition coefficient (Wildman–Crippen LogP) is 4.24. The fraction of sp³-hybridized carbons (Fsp3) is 0.480. The summed E-state index contributed by atoms with van der Waals surface area (Å²) >= 11 is 0. The Morgan fingerprint density at radius 2 is 1.40 bits per heavy atom. The van der Waals surface area contributed by atoms with Crippen molar-refractivity contribution in [2.75, 3.05) is 31.6 Å². The molecule has 2 fully saturated rings. The van der Waals surface area contributed by atoms with Gasteiger partial charge in [0.05, 0.1) is 18.4 Å². The highest BCUT2D eigenvalue weighted by Crippen LogP contribution is 2.34. The average Bonchev–Trinajstić information content (AvgIpc) is 3.48. The van der Waals surface area contributed by atoms with Gasteiger partial charge in [-0.15, -0.1) is 0 Å². The maximum atomic E-state index is 10.6. The Morgan fingerprint density at radius 3 is 1.84 bits per heavy atom. The molecule has 0 saturated carbocycles. The van der Waals surface area contributed by atoms with E-state index in [4.69, 9.17) is 34.4 Å². The van der Waals surface area contributed by atoms with Crippen LogP contribution >= 0.6 is 0 Å². The zero-order chi connectivity index (χ0) is 34.6. The molecule has 0 bridgehead atoms. The van der Waals surface area contributed by atoms with Gasteiger partial charge < -0.3 is 25.4 Å². The second-order valence-corrected chi connectivity index (χ2v) is 9.26. The highest BCUT2D eigenvalue weighted by Gasteiger charge is 2.43. The molecule has 0 aromatic carbocycles. The van der Waals surface area contributed by atoms with Crippen LogP contribution in [0.15, 0.2) is 42.6 Å². The lowest BCUT2D eigenvalue weighted by atomic mass is 9.93. The number of ether oxygens (including phenoxy) is 1. The molecule has 0 spiro atoms. The van der Waals surface area contributed by atoms with Crippen molar-refractivity contribution in [1.82, 2.24) is 14.9 Å². The number of pyridine rings is 2. The van der Waals surface area contributed by atoms with Crippen LogP contribution in [-0.4, -0.2) is 99.0 Å². The van der Waals surface area contributed by atoms with Crippen molar-refractivity contribution in [3.63, 3.8) is 0 Å². The van der Waals surface area contributed by atoms with E-state index < -0.39 is 36.4 Å². The van der Waals surface area contributed by atoms with Gasteiger partial charge in [0.15, 0.2) is 0 Å². The third kappa shape index (κ3) is 14.9. The normalized spacial score (nSPS) is 19.4. The van der Waals surface area contributed by atoms with Crippen molar-refractivity contribution in [2.45, 2.75) is 38.1 Å². The quantitative estimate of drug-likeness (QED) is 0.338. The van der Waals surface area contributed by atoms with E-state index in [-0.39, 0.29) is 0 Å². The molecule has 0 radical (unpaired) electrons. The molecule has 2 saturated heterocycles. The number of hydrogen-bond donors (Lipinski definition) is 4. The second-order valence-electron chi connectivity index (χ2n) is 9.26. The number of halogens is 9. The van der Waals surface area contributed by atoms with Gasteiger partial charge in [0.25, 0.3) is 0 Å². The molecule has 4 rings (SSSR count). The summed E-state index contributed by atoms with van der Waals surface area (Å²) in [5.41, 5.74) is 2.23. The minimum absolute atomic E-state index is 0.366. The Balaban J connectivity index is 0.000000396. The second kappa shape index (κ2) is 16.8. The van der Waals surface area contributed by atoms with Gasteiger partial charge >= 0.3 is 36.4 Å². The molecule has 4 N–H and O–H groups in total. The lowest BCUT2D eigenvalue weighted by Crippen LogP contribution is -2.27. The summed E-state index contributed by atoms with van der Waals surface area (Å²) in [5, 5.41) is 24.8. The number of alkyl halides is 9. The van der Waals surface area contributed by atoms with Crippen LogP contribution < -0.4 is 5.32 Å². The van der Waals surface area contributed by atoms with Gasteiger partial charge in [0.2, 0.25) is 0 Å². The molecule has 0 amide bonds. The van der Waals surface area contributed by atoms with Gasteiger partial charge in [0, 0.05) is 49.9 Å². The summed E-state index contributed by atoms with van der Waals surface area (Å²) in [5.74, 6) is -6.18. The number of carboxylic acid groups (broad SMARTS) is 3. The van der Waals surface area contributed by atoms with Crippen LogP contribution in [0.2, 0.25) is 0 Å².